The van der Waals surface area contributed by atoms with Crippen LogP contribution in [0.15, 0.2) is 24.3 Å². The smallest absolute Gasteiger partial charge is 0.254 e. The Bertz CT molecular complexity index is 542. The third kappa shape index (κ3) is 3.37. The molecule has 1 amide bonds. The number of hydrogen-bond donors (Lipinski definition) is 1. The van der Waals surface area contributed by atoms with Crippen molar-refractivity contribution in [2.24, 2.45) is 11.8 Å². The van der Waals surface area contributed by atoms with Gasteiger partial charge in [-0.3, -0.25) is 4.79 Å². The lowest BCUT2D eigenvalue weighted by Gasteiger charge is -2.39. The Morgan fingerprint density at radius 2 is 1.96 bits per heavy atom. The van der Waals surface area contributed by atoms with Gasteiger partial charge in [0.25, 0.3) is 5.91 Å². The predicted molar refractivity (Wildman–Crippen MR) is 89.6 cm³/mol. The van der Waals surface area contributed by atoms with Crippen LogP contribution >= 0.6 is 0 Å². The van der Waals surface area contributed by atoms with Crippen molar-refractivity contribution in [2.45, 2.75) is 51.2 Å². The molecule has 23 heavy (non-hydrogen) atoms. The first kappa shape index (κ1) is 16.3. The lowest BCUT2D eigenvalue weighted by molar-refractivity contribution is 0.00860. The minimum absolute atomic E-state index is 0.0839. The first-order valence-electron chi connectivity index (χ1n) is 8.73. The van der Waals surface area contributed by atoms with Crippen LogP contribution in [0.5, 0.6) is 5.75 Å². The van der Waals surface area contributed by atoms with Crippen molar-refractivity contribution in [3.05, 3.63) is 29.8 Å². The van der Waals surface area contributed by atoms with Gasteiger partial charge in [-0.2, -0.15) is 0 Å². The summed E-state index contributed by atoms with van der Waals surface area (Å²) >= 11 is 0. The molecule has 1 saturated heterocycles. The van der Waals surface area contributed by atoms with Gasteiger partial charge < -0.3 is 14.7 Å². The number of benzene rings is 1. The molecule has 4 atom stereocenters. The number of aliphatic hydroxyl groups excluding tert-OH is 1. The maximum Gasteiger partial charge on any atom is 0.254 e. The highest BCUT2D eigenvalue weighted by atomic mass is 16.5. The molecule has 1 aromatic rings. The SMILES string of the molecule is COc1ccc(C(=O)N2CCC[C@@H]2[C@@H]2C[C@@H](C)CC[C@H]2O)cc1. The van der Waals surface area contributed by atoms with Gasteiger partial charge in [-0.25, -0.2) is 0 Å². The van der Waals surface area contributed by atoms with Crippen molar-refractivity contribution in [3.8, 4) is 5.75 Å². The van der Waals surface area contributed by atoms with Crippen molar-refractivity contribution in [3.63, 3.8) is 0 Å². The number of aliphatic hydroxyl groups is 1. The summed E-state index contributed by atoms with van der Waals surface area (Å²) < 4.78 is 5.16. The molecule has 4 nitrogen and oxygen atoms in total. The van der Waals surface area contributed by atoms with Crippen LogP contribution in [-0.4, -0.2) is 41.7 Å². The molecule has 1 aromatic carbocycles. The number of methoxy groups -OCH3 is 1. The average molecular weight is 317 g/mol. The van der Waals surface area contributed by atoms with Crippen LogP contribution in [0.25, 0.3) is 0 Å². The molecule has 0 radical (unpaired) electrons. The average Bonchev–Trinajstić information content (AvgIpc) is 3.06. The highest BCUT2D eigenvalue weighted by Gasteiger charge is 2.40. The Hall–Kier alpha value is -1.55. The second-order valence-corrected chi connectivity index (χ2v) is 7.09. The van der Waals surface area contributed by atoms with E-state index in [4.69, 9.17) is 4.74 Å². The van der Waals surface area contributed by atoms with Crippen LogP contribution in [0.3, 0.4) is 0 Å². The van der Waals surface area contributed by atoms with Crippen LogP contribution in [0, 0.1) is 11.8 Å². The normalized spacial score (nSPS) is 31.2. The van der Waals surface area contributed by atoms with Gasteiger partial charge in [0.15, 0.2) is 0 Å². The monoisotopic (exact) mass is 317 g/mol. The standard InChI is InChI=1S/C19H27NO3/c1-13-5-10-18(21)16(12-13)17-4-3-11-20(17)19(22)14-6-8-15(23-2)9-7-14/h6-9,13,16-18,21H,3-5,10-12H2,1-2H3/t13-,16-,17+,18+/m0/s1. The molecule has 3 rings (SSSR count). The van der Waals surface area contributed by atoms with Crippen molar-refractivity contribution in [1.82, 2.24) is 4.90 Å². The van der Waals surface area contributed by atoms with Crippen molar-refractivity contribution in [1.29, 1.82) is 0 Å². The fourth-order valence-corrected chi connectivity index (χ4v) is 4.21. The number of carbonyl (C=O) groups is 1. The second kappa shape index (κ2) is 6.91. The number of carbonyl (C=O) groups excluding carboxylic acids is 1. The van der Waals surface area contributed by atoms with Crippen molar-refractivity contribution >= 4 is 5.91 Å². The zero-order valence-electron chi connectivity index (χ0n) is 14.1. The third-order valence-corrected chi connectivity index (χ3v) is 5.52. The maximum atomic E-state index is 12.9. The molecule has 0 spiro atoms. The van der Waals surface area contributed by atoms with Crippen molar-refractivity contribution in [2.75, 3.05) is 13.7 Å². The summed E-state index contributed by atoms with van der Waals surface area (Å²) in [6.45, 7) is 3.05. The summed E-state index contributed by atoms with van der Waals surface area (Å²) in [7, 11) is 1.62. The van der Waals surface area contributed by atoms with Gasteiger partial charge in [-0.05, 0) is 62.3 Å². The van der Waals surface area contributed by atoms with Gasteiger partial charge in [0.2, 0.25) is 0 Å². The van der Waals surface area contributed by atoms with Crippen molar-refractivity contribution < 1.29 is 14.6 Å². The Labute approximate surface area is 138 Å². The summed E-state index contributed by atoms with van der Waals surface area (Å²) in [6, 6.07) is 7.50. The molecule has 1 aliphatic carbocycles. The molecule has 126 valence electrons. The zero-order valence-corrected chi connectivity index (χ0v) is 14.1. The Balaban J connectivity index is 1.76. The van der Waals surface area contributed by atoms with Gasteiger partial charge in [0, 0.05) is 24.1 Å². The number of ether oxygens (including phenoxy) is 1. The Morgan fingerprint density at radius 3 is 2.65 bits per heavy atom. The molecular weight excluding hydrogens is 290 g/mol. The summed E-state index contributed by atoms with van der Waals surface area (Å²) in [5.74, 6) is 1.71. The number of amides is 1. The van der Waals surface area contributed by atoms with Crippen LogP contribution in [-0.2, 0) is 0 Å². The largest absolute Gasteiger partial charge is 0.497 e. The minimum Gasteiger partial charge on any atom is -0.497 e. The van der Waals surface area contributed by atoms with E-state index in [2.05, 4.69) is 6.92 Å². The number of hydrogen-bond acceptors (Lipinski definition) is 3. The van der Waals surface area contributed by atoms with E-state index in [0.717, 1.165) is 44.4 Å². The molecule has 1 heterocycles. The Morgan fingerprint density at radius 1 is 1.22 bits per heavy atom. The van der Waals surface area contributed by atoms with Gasteiger partial charge >= 0.3 is 0 Å². The van der Waals surface area contributed by atoms with E-state index in [0.29, 0.717) is 11.5 Å². The highest BCUT2D eigenvalue weighted by Crippen LogP contribution is 2.37. The fraction of sp³-hybridized carbons (Fsp3) is 0.632. The summed E-state index contributed by atoms with van der Waals surface area (Å²) in [5, 5.41) is 10.4. The molecule has 2 aliphatic rings. The predicted octanol–water partition coefficient (Wildman–Crippen LogP) is 3.10. The lowest BCUT2D eigenvalue weighted by Crippen LogP contribution is -2.46. The zero-order chi connectivity index (χ0) is 16.4. The molecule has 2 fully saturated rings. The van der Waals surface area contributed by atoms with E-state index < -0.39 is 0 Å². The molecule has 0 aromatic heterocycles. The van der Waals surface area contributed by atoms with Gasteiger partial charge in [0.1, 0.15) is 5.75 Å². The molecule has 1 saturated carbocycles. The number of likely N-dealkylation sites (tertiary alicyclic amines) is 1. The summed E-state index contributed by atoms with van der Waals surface area (Å²) in [4.78, 5) is 14.9. The number of nitrogens with zero attached hydrogens (tertiary/aromatic N) is 1. The van der Waals surface area contributed by atoms with Gasteiger partial charge in [0.05, 0.1) is 13.2 Å². The molecule has 0 bridgehead atoms. The quantitative estimate of drug-likeness (QED) is 0.932. The number of rotatable bonds is 3. The molecule has 4 heteroatoms. The molecule has 1 aliphatic heterocycles. The lowest BCUT2D eigenvalue weighted by atomic mass is 9.76. The minimum atomic E-state index is -0.263. The van der Waals surface area contributed by atoms with E-state index in [1.165, 1.54) is 0 Å². The van der Waals surface area contributed by atoms with Crippen LogP contribution in [0.2, 0.25) is 0 Å². The third-order valence-electron chi connectivity index (χ3n) is 5.52. The van der Waals surface area contributed by atoms with Gasteiger partial charge in [-0.15, -0.1) is 0 Å². The first-order valence-corrected chi connectivity index (χ1v) is 8.73. The Kier molecular flexibility index (Phi) is 4.90. The van der Waals surface area contributed by atoms with Gasteiger partial charge in [-0.1, -0.05) is 6.92 Å². The second-order valence-electron chi connectivity index (χ2n) is 7.09. The topological polar surface area (TPSA) is 49.8 Å². The van der Waals surface area contributed by atoms with Crippen LogP contribution in [0.1, 0.15) is 49.4 Å². The molecular formula is C19H27NO3. The maximum absolute atomic E-state index is 12.9. The van der Waals surface area contributed by atoms with Crippen LogP contribution in [0.4, 0.5) is 0 Å². The first-order chi connectivity index (χ1) is 11.1. The summed E-state index contributed by atoms with van der Waals surface area (Å²) in [6.07, 6.45) is 4.77. The molecule has 0 unspecified atom stereocenters. The van der Waals surface area contributed by atoms with E-state index in [1.807, 2.05) is 29.2 Å². The van der Waals surface area contributed by atoms with E-state index in [9.17, 15) is 9.90 Å². The molecule has 1 N–H and O–H groups in total. The highest BCUT2D eigenvalue weighted by molar-refractivity contribution is 5.94. The van der Waals surface area contributed by atoms with E-state index in [-0.39, 0.29) is 24.0 Å². The van der Waals surface area contributed by atoms with Crippen LogP contribution < -0.4 is 4.74 Å². The fourth-order valence-electron chi connectivity index (χ4n) is 4.21. The van der Waals surface area contributed by atoms with E-state index in [1.54, 1.807) is 7.11 Å². The summed E-state index contributed by atoms with van der Waals surface area (Å²) in [5.41, 5.74) is 0.705. The van der Waals surface area contributed by atoms with E-state index >= 15 is 0 Å².